The van der Waals surface area contributed by atoms with Gasteiger partial charge in [0.1, 0.15) is 0 Å². The van der Waals surface area contributed by atoms with Crippen LogP contribution in [0.2, 0.25) is 0 Å². The highest BCUT2D eigenvalue weighted by atomic mass is 19.3. The van der Waals surface area contributed by atoms with E-state index in [1.807, 2.05) is 6.92 Å². The van der Waals surface area contributed by atoms with Crippen LogP contribution in [0.5, 0.6) is 5.88 Å². The normalized spacial score (nSPS) is 20.9. The highest BCUT2D eigenvalue weighted by Crippen LogP contribution is 2.38. The van der Waals surface area contributed by atoms with Crippen LogP contribution in [-0.2, 0) is 4.74 Å². The van der Waals surface area contributed by atoms with Crippen molar-refractivity contribution in [3.8, 4) is 17.3 Å². The van der Waals surface area contributed by atoms with Gasteiger partial charge in [0.15, 0.2) is 0 Å². The minimum atomic E-state index is -2.92. The Labute approximate surface area is 125 Å². The summed E-state index contributed by atoms with van der Waals surface area (Å²) < 4.78 is 39.4. The second-order valence-corrected chi connectivity index (χ2v) is 4.96. The predicted octanol–water partition coefficient (Wildman–Crippen LogP) is 3.02. The van der Waals surface area contributed by atoms with Crippen molar-refractivity contribution in [2.24, 2.45) is 0 Å². The first-order valence-corrected chi connectivity index (χ1v) is 7.02. The highest BCUT2D eigenvalue weighted by Gasteiger charge is 2.34. The molecule has 0 bridgehead atoms. The van der Waals surface area contributed by atoms with E-state index in [0.717, 1.165) is 12.8 Å². The van der Waals surface area contributed by atoms with Gasteiger partial charge in [-0.1, -0.05) is 5.16 Å². The van der Waals surface area contributed by atoms with E-state index in [1.54, 1.807) is 6.07 Å². The summed E-state index contributed by atoms with van der Waals surface area (Å²) in [4.78, 5) is 8.01. The van der Waals surface area contributed by atoms with Crippen LogP contribution >= 0.6 is 0 Å². The molecule has 1 aliphatic rings. The molecule has 0 aliphatic heterocycles. The first kappa shape index (κ1) is 14.8. The highest BCUT2D eigenvalue weighted by molar-refractivity contribution is 5.55. The van der Waals surface area contributed by atoms with Crippen molar-refractivity contribution < 1.29 is 22.8 Å². The smallest absolute Gasteiger partial charge is 0.388 e. The maximum atomic E-state index is 12.2. The Morgan fingerprint density at radius 2 is 2.23 bits per heavy atom. The number of hydrogen-bond acceptors (Lipinski definition) is 6. The van der Waals surface area contributed by atoms with E-state index < -0.39 is 6.61 Å². The SMILES string of the molecule is CCOC1CC(c2nc(-c3ccnc(OC(F)F)c3)no2)C1. The molecule has 2 aromatic heterocycles. The molecule has 8 heteroatoms. The third kappa shape index (κ3) is 3.22. The maximum Gasteiger partial charge on any atom is 0.388 e. The van der Waals surface area contributed by atoms with Crippen LogP contribution in [0.1, 0.15) is 31.6 Å². The van der Waals surface area contributed by atoms with Crippen LogP contribution in [0.3, 0.4) is 0 Å². The molecule has 3 rings (SSSR count). The largest absolute Gasteiger partial charge is 0.417 e. The van der Waals surface area contributed by atoms with E-state index in [4.69, 9.17) is 9.26 Å². The van der Waals surface area contributed by atoms with Gasteiger partial charge in [-0.2, -0.15) is 13.8 Å². The minimum Gasteiger partial charge on any atom is -0.417 e. The lowest BCUT2D eigenvalue weighted by molar-refractivity contribution is -0.0528. The second-order valence-electron chi connectivity index (χ2n) is 4.96. The minimum absolute atomic E-state index is 0.182. The van der Waals surface area contributed by atoms with E-state index in [0.29, 0.717) is 23.9 Å². The molecule has 0 N–H and O–H groups in total. The molecule has 22 heavy (non-hydrogen) atoms. The number of halogens is 2. The number of rotatable bonds is 6. The lowest BCUT2D eigenvalue weighted by Gasteiger charge is -2.32. The number of ether oxygens (including phenoxy) is 2. The van der Waals surface area contributed by atoms with Gasteiger partial charge in [-0.3, -0.25) is 0 Å². The summed E-state index contributed by atoms with van der Waals surface area (Å²) in [6, 6.07) is 2.96. The maximum absolute atomic E-state index is 12.2. The Morgan fingerprint density at radius 1 is 1.41 bits per heavy atom. The van der Waals surface area contributed by atoms with E-state index >= 15 is 0 Å². The van der Waals surface area contributed by atoms with Crippen molar-refractivity contribution in [3.05, 3.63) is 24.2 Å². The molecule has 0 amide bonds. The summed E-state index contributed by atoms with van der Waals surface area (Å²) in [5, 5.41) is 3.88. The first-order valence-electron chi connectivity index (χ1n) is 7.02. The molecular weight excluding hydrogens is 296 g/mol. The zero-order valence-electron chi connectivity index (χ0n) is 11.9. The molecule has 1 aliphatic carbocycles. The lowest BCUT2D eigenvalue weighted by atomic mass is 9.82. The molecule has 0 unspecified atom stereocenters. The molecule has 2 heterocycles. The zero-order chi connectivity index (χ0) is 15.5. The third-order valence-corrected chi connectivity index (χ3v) is 3.49. The van der Waals surface area contributed by atoms with Crippen LogP contribution in [0.4, 0.5) is 8.78 Å². The topological polar surface area (TPSA) is 70.3 Å². The fourth-order valence-corrected chi connectivity index (χ4v) is 2.36. The van der Waals surface area contributed by atoms with Gasteiger partial charge in [0.2, 0.25) is 17.6 Å². The molecule has 1 saturated carbocycles. The van der Waals surface area contributed by atoms with Gasteiger partial charge in [-0.25, -0.2) is 4.98 Å². The molecule has 2 aromatic rings. The predicted molar refractivity (Wildman–Crippen MR) is 71.6 cm³/mol. The van der Waals surface area contributed by atoms with Gasteiger partial charge in [0.25, 0.3) is 0 Å². The summed E-state index contributed by atoms with van der Waals surface area (Å²) in [6.45, 7) is -0.272. The fraction of sp³-hybridized carbons (Fsp3) is 0.500. The van der Waals surface area contributed by atoms with Gasteiger partial charge < -0.3 is 14.0 Å². The van der Waals surface area contributed by atoms with Crippen LogP contribution < -0.4 is 4.74 Å². The molecule has 0 saturated heterocycles. The number of hydrogen-bond donors (Lipinski definition) is 0. The van der Waals surface area contributed by atoms with Gasteiger partial charge in [0.05, 0.1) is 6.10 Å². The number of alkyl halides is 2. The lowest BCUT2D eigenvalue weighted by Crippen LogP contribution is -2.29. The first-order chi connectivity index (χ1) is 10.7. The molecule has 0 spiro atoms. The van der Waals surface area contributed by atoms with Crippen molar-refractivity contribution in [3.63, 3.8) is 0 Å². The van der Waals surface area contributed by atoms with Crippen LogP contribution in [0.15, 0.2) is 22.9 Å². The van der Waals surface area contributed by atoms with Gasteiger partial charge >= 0.3 is 6.61 Å². The number of nitrogens with zero attached hydrogens (tertiary/aromatic N) is 3. The van der Waals surface area contributed by atoms with Crippen molar-refractivity contribution in [2.75, 3.05) is 6.61 Å². The van der Waals surface area contributed by atoms with Gasteiger partial charge in [-0.05, 0) is 25.8 Å². The molecule has 6 nitrogen and oxygen atoms in total. The summed E-state index contributed by atoms with van der Waals surface area (Å²) >= 11 is 0. The molecule has 0 aromatic carbocycles. The molecular formula is C14H15F2N3O3. The van der Waals surface area contributed by atoms with Crippen molar-refractivity contribution >= 4 is 0 Å². The third-order valence-electron chi connectivity index (χ3n) is 3.49. The van der Waals surface area contributed by atoms with Gasteiger partial charge in [-0.15, -0.1) is 0 Å². The molecule has 118 valence electrons. The molecule has 0 atom stereocenters. The summed E-state index contributed by atoms with van der Waals surface area (Å²) in [5.74, 6) is 0.880. The van der Waals surface area contributed by atoms with E-state index in [1.165, 1.54) is 12.3 Å². The zero-order valence-corrected chi connectivity index (χ0v) is 11.9. The van der Waals surface area contributed by atoms with E-state index in [-0.39, 0.29) is 17.9 Å². The van der Waals surface area contributed by atoms with Crippen molar-refractivity contribution in [1.82, 2.24) is 15.1 Å². The van der Waals surface area contributed by atoms with E-state index in [2.05, 4.69) is 19.9 Å². The Balaban J connectivity index is 1.69. The van der Waals surface area contributed by atoms with Gasteiger partial charge in [0, 0.05) is 30.4 Å². The van der Waals surface area contributed by atoms with Crippen molar-refractivity contribution in [1.29, 1.82) is 0 Å². The Morgan fingerprint density at radius 3 is 2.95 bits per heavy atom. The molecule has 0 radical (unpaired) electrons. The summed E-state index contributed by atoms with van der Waals surface area (Å²) in [5.41, 5.74) is 0.515. The average molecular weight is 311 g/mol. The molecule has 1 fully saturated rings. The standard InChI is InChI=1S/C14H15F2N3O3/c1-2-20-10-5-9(6-10)13-18-12(19-22-13)8-3-4-17-11(7-8)21-14(15)16/h3-4,7,9-10,14H,2,5-6H2,1H3. The van der Waals surface area contributed by atoms with Crippen LogP contribution in [0.25, 0.3) is 11.4 Å². The monoisotopic (exact) mass is 311 g/mol. The quantitative estimate of drug-likeness (QED) is 0.816. The number of pyridine rings is 1. The Kier molecular flexibility index (Phi) is 4.28. The van der Waals surface area contributed by atoms with Crippen molar-refractivity contribution in [2.45, 2.75) is 38.4 Å². The van der Waals surface area contributed by atoms with Crippen LogP contribution in [0, 0.1) is 0 Å². The summed E-state index contributed by atoms with van der Waals surface area (Å²) in [7, 11) is 0. The average Bonchev–Trinajstić information content (AvgIpc) is 2.91. The van der Waals surface area contributed by atoms with E-state index in [9.17, 15) is 8.78 Å². The van der Waals surface area contributed by atoms with Crippen LogP contribution in [-0.4, -0.2) is 34.4 Å². The second kappa shape index (κ2) is 6.35. The number of aromatic nitrogens is 3. The Hall–Kier alpha value is -2.09. The summed E-state index contributed by atoms with van der Waals surface area (Å²) in [6.07, 6.45) is 3.31. The Bertz CT molecular complexity index is 629. The fourth-order valence-electron chi connectivity index (χ4n) is 2.36.